The van der Waals surface area contributed by atoms with E-state index >= 15 is 0 Å². The maximum absolute atomic E-state index is 11.4. The average molecular weight is 241 g/mol. The molecule has 17 heavy (non-hydrogen) atoms. The number of amides is 2. The third-order valence-corrected chi connectivity index (χ3v) is 1.91. The highest BCUT2D eigenvalue weighted by molar-refractivity contribution is 5.92. The van der Waals surface area contributed by atoms with Crippen LogP contribution in [0.5, 0.6) is 0 Å². The molecule has 3 N–H and O–H groups in total. The normalized spacial score (nSPS) is 9.94. The topological polar surface area (TPSA) is 109 Å². The lowest BCUT2D eigenvalue weighted by molar-refractivity contribution is -0.121. The number of nitrogens with one attached hydrogen (secondary N) is 3. The van der Waals surface area contributed by atoms with Gasteiger partial charge in [-0.05, 0) is 0 Å². The predicted octanol–water partition coefficient (Wildman–Crippen LogP) is -1.31. The standard InChI is InChI=1S/C9H15N5O3/c1-17-5-4-10-8(15)2-3-11-9(16)7-6-12-14-13-7/h6H,2-5H2,1H3,(H,10,15)(H,11,16)(H,12,13,14). The van der Waals surface area contributed by atoms with Crippen molar-refractivity contribution in [1.82, 2.24) is 26.0 Å². The van der Waals surface area contributed by atoms with Gasteiger partial charge < -0.3 is 15.4 Å². The van der Waals surface area contributed by atoms with Gasteiger partial charge in [0.15, 0.2) is 5.69 Å². The van der Waals surface area contributed by atoms with Crippen molar-refractivity contribution in [1.29, 1.82) is 0 Å². The third kappa shape index (κ3) is 5.07. The largest absolute Gasteiger partial charge is 0.383 e. The number of nitrogens with zero attached hydrogens (tertiary/aromatic N) is 2. The molecule has 94 valence electrons. The molecule has 8 nitrogen and oxygen atoms in total. The predicted molar refractivity (Wildman–Crippen MR) is 58.2 cm³/mol. The van der Waals surface area contributed by atoms with Gasteiger partial charge in [0.2, 0.25) is 5.91 Å². The number of methoxy groups -OCH3 is 1. The van der Waals surface area contributed by atoms with Crippen LogP contribution in [0.4, 0.5) is 0 Å². The van der Waals surface area contributed by atoms with Crippen LogP contribution in [0.1, 0.15) is 16.9 Å². The van der Waals surface area contributed by atoms with Crippen LogP contribution < -0.4 is 10.6 Å². The van der Waals surface area contributed by atoms with Crippen molar-refractivity contribution in [2.24, 2.45) is 0 Å². The van der Waals surface area contributed by atoms with E-state index in [1.165, 1.54) is 6.20 Å². The molecule has 0 aromatic carbocycles. The first-order valence-electron chi connectivity index (χ1n) is 5.13. The summed E-state index contributed by atoms with van der Waals surface area (Å²) < 4.78 is 4.78. The van der Waals surface area contributed by atoms with Crippen molar-refractivity contribution in [2.45, 2.75) is 6.42 Å². The maximum atomic E-state index is 11.4. The lowest BCUT2D eigenvalue weighted by Crippen LogP contribution is -2.32. The van der Waals surface area contributed by atoms with Crippen LogP contribution in [0.2, 0.25) is 0 Å². The zero-order valence-electron chi connectivity index (χ0n) is 9.52. The molecule has 0 bridgehead atoms. The Morgan fingerprint density at radius 1 is 1.41 bits per heavy atom. The number of rotatable bonds is 7. The first kappa shape index (κ1) is 13.1. The summed E-state index contributed by atoms with van der Waals surface area (Å²) in [6.45, 7) is 1.19. The van der Waals surface area contributed by atoms with Crippen molar-refractivity contribution < 1.29 is 14.3 Å². The van der Waals surface area contributed by atoms with Gasteiger partial charge in [-0.3, -0.25) is 9.59 Å². The highest BCUT2D eigenvalue weighted by Crippen LogP contribution is 1.88. The van der Waals surface area contributed by atoms with Gasteiger partial charge in [0.1, 0.15) is 0 Å². The van der Waals surface area contributed by atoms with E-state index in [-0.39, 0.29) is 30.5 Å². The fourth-order valence-corrected chi connectivity index (χ4v) is 1.07. The zero-order chi connectivity index (χ0) is 12.5. The maximum Gasteiger partial charge on any atom is 0.273 e. The minimum atomic E-state index is -0.358. The summed E-state index contributed by atoms with van der Waals surface area (Å²) in [7, 11) is 1.56. The fraction of sp³-hybridized carbons (Fsp3) is 0.556. The number of aromatic amines is 1. The van der Waals surface area contributed by atoms with Crippen LogP contribution in [-0.2, 0) is 9.53 Å². The van der Waals surface area contributed by atoms with Gasteiger partial charge in [0.25, 0.3) is 5.91 Å². The Hall–Kier alpha value is -1.96. The number of carbonyl (C=O) groups is 2. The molecule has 0 unspecified atom stereocenters. The van der Waals surface area contributed by atoms with E-state index in [1.807, 2.05) is 0 Å². The first-order valence-corrected chi connectivity index (χ1v) is 5.13. The second kappa shape index (κ2) is 7.34. The minimum absolute atomic E-state index is 0.137. The summed E-state index contributed by atoms with van der Waals surface area (Å²) in [6.07, 6.45) is 1.53. The molecule has 0 fully saturated rings. The van der Waals surface area contributed by atoms with Crippen molar-refractivity contribution >= 4 is 11.8 Å². The number of hydrogen-bond donors (Lipinski definition) is 3. The smallest absolute Gasteiger partial charge is 0.273 e. The summed E-state index contributed by atoms with van der Waals surface area (Å²) in [5.41, 5.74) is 0.199. The van der Waals surface area contributed by atoms with Gasteiger partial charge in [-0.1, -0.05) is 0 Å². The van der Waals surface area contributed by atoms with Gasteiger partial charge in [-0.15, -0.1) is 0 Å². The molecule has 1 aromatic heterocycles. The van der Waals surface area contributed by atoms with Gasteiger partial charge in [-0.25, -0.2) is 0 Å². The van der Waals surface area contributed by atoms with Crippen molar-refractivity contribution in [3.63, 3.8) is 0 Å². The molecule has 0 aliphatic heterocycles. The third-order valence-electron chi connectivity index (χ3n) is 1.91. The number of carbonyl (C=O) groups excluding carboxylic acids is 2. The quantitative estimate of drug-likeness (QED) is 0.513. The van der Waals surface area contributed by atoms with Gasteiger partial charge >= 0.3 is 0 Å². The second-order valence-corrected chi connectivity index (χ2v) is 3.20. The SMILES string of the molecule is COCCNC(=O)CCNC(=O)c1cn[nH]n1. The van der Waals surface area contributed by atoms with E-state index in [0.717, 1.165) is 0 Å². The molecule has 1 rings (SSSR count). The molecular formula is C9H15N5O3. The Labute approximate surface area is 98.1 Å². The van der Waals surface area contributed by atoms with E-state index < -0.39 is 0 Å². The molecule has 0 aliphatic rings. The van der Waals surface area contributed by atoms with Crippen LogP contribution in [0.25, 0.3) is 0 Å². The van der Waals surface area contributed by atoms with Gasteiger partial charge in [0.05, 0.1) is 12.8 Å². The summed E-state index contributed by atoms with van der Waals surface area (Å²) in [6, 6.07) is 0. The van der Waals surface area contributed by atoms with Crippen LogP contribution in [0, 0.1) is 0 Å². The fourth-order valence-electron chi connectivity index (χ4n) is 1.07. The molecule has 0 aliphatic carbocycles. The van der Waals surface area contributed by atoms with Crippen LogP contribution in [0.3, 0.4) is 0 Å². The highest BCUT2D eigenvalue weighted by Gasteiger charge is 2.08. The molecule has 1 aromatic rings. The number of ether oxygens (including phenoxy) is 1. The zero-order valence-corrected chi connectivity index (χ0v) is 9.52. The summed E-state index contributed by atoms with van der Waals surface area (Å²) in [5, 5.41) is 14.6. The molecular weight excluding hydrogens is 226 g/mol. The molecule has 0 atom stereocenters. The molecule has 2 amide bonds. The van der Waals surface area contributed by atoms with E-state index in [1.54, 1.807) is 7.11 Å². The van der Waals surface area contributed by atoms with E-state index in [0.29, 0.717) is 13.2 Å². The number of hydrogen-bond acceptors (Lipinski definition) is 5. The molecule has 1 heterocycles. The van der Waals surface area contributed by atoms with Crippen LogP contribution >= 0.6 is 0 Å². The minimum Gasteiger partial charge on any atom is -0.383 e. The summed E-state index contributed by atoms with van der Waals surface area (Å²) >= 11 is 0. The van der Waals surface area contributed by atoms with Crippen molar-refractivity contribution in [2.75, 3.05) is 26.8 Å². The van der Waals surface area contributed by atoms with E-state index in [9.17, 15) is 9.59 Å². The van der Waals surface area contributed by atoms with Crippen molar-refractivity contribution in [3.8, 4) is 0 Å². The Kier molecular flexibility index (Phi) is 5.66. The first-order chi connectivity index (χ1) is 8.24. The molecule has 0 radical (unpaired) electrons. The Morgan fingerprint density at radius 2 is 2.24 bits per heavy atom. The van der Waals surface area contributed by atoms with Crippen LogP contribution in [-0.4, -0.2) is 54.0 Å². The van der Waals surface area contributed by atoms with Crippen LogP contribution in [0.15, 0.2) is 6.20 Å². The highest BCUT2D eigenvalue weighted by atomic mass is 16.5. The Bertz CT molecular complexity index is 352. The Balaban J connectivity index is 2.11. The van der Waals surface area contributed by atoms with Gasteiger partial charge in [-0.2, -0.15) is 15.4 Å². The van der Waals surface area contributed by atoms with Gasteiger partial charge in [0, 0.05) is 26.6 Å². The molecule has 0 saturated carbocycles. The summed E-state index contributed by atoms with van der Waals surface area (Å²) in [4.78, 5) is 22.6. The lowest BCUT2D eigenvalue weighted by atomic mass is 10.3. The Morgan fingerprint density at radius 3 is 2.88 bits per heavy atom. The molecule has 0 spiro atoms. The van der Waals surface area contributed by atoms with E-state index in [2.05, 4.69) is 26.0 Å². The average Bonchev–Trinajstić information content (AvgIpc) is 2.82. The second-order valence-electron chi connectivity index (χ2n) is 3.20. The lowest BCUT2D eigenvalue weighted by Gasteiger charge is -2.04. The molecule has 0 saturated heterocycles. The molecule has 8 heteroatoms. The number of H-pyrrole nitrogens is 1. The monoisotopic (exact) mass is 241 g/mol. The van der Waals surface area contributed by atoms with E-state index in [4.69, 9.17) is 4.74 Å². The summed E-state index contributed by atoms with van der Waals surface area (Å²) in [5.74, 6) is -0.494. The van der Waals surface area contributed by atoms with Crippen molar-refractivity contribution in [3.05, 3.63) is 11.9 Å². The number of aromatic nitrogens is 3.